The first kappa shape index (κ1) is 15.7. The van der Waals surface area contributed by atoms with E-state index >= 15 is 0 Å². The lowest BCUT2D eigenvalue weighted by Gasteiger charge is -2.06. The van der Waals surface area contributed by atoms with Crippen molar-refractivity contribution >= 4 is 28.3 Å². The highest BCUT2D eigenvalue weighted by atomic mass is 127. The standard InChI is InChI=1S/C19H13INO2/c20-18-8-6-16(7-9-18)17-3-1-2-15(13-17)12-14-4-10-19(11-5-14)21(22)23/h1-13H. The zero-order valence-corrected chi connectivity index (χ0v) is 14.3. The lowest BCUT2D eigenvalue weighted by molar-refractivity contribution is -0.384. The van der Waals surface area contributed by atoms with Gasteiger partial charge in [0.25, 0.3) is 5.69 Å². The highest BCUT2D eigenvalue weighted by Gasteiger charge is 2.05. The second kappa shape index (κ2) is 6.91. The molecule has 113 valence electrons. The van der Waals surface area contributed by atoms with Crippen molar-refractivity contribution in [3.05, 3.63) is 104 Å². The fourth-order valence-corrected chi connectivity index (χ4v) is 2.69. The molecule has 0 spiro atoms. The van der Waals surface area contributed by atoms with Gasteiger partial charge in [-0.15, -0.1) is 0 Å². The molecule has 0 fully saturated rings. The minimum absolute atomic E-state index is 0.106. The van der Waals surface area contributed by atoms with E-state index in [2.05, 4.69) is 59.0 Å². The van der Waals surface area contributed by atoms with Gasteiger partial charge >= 0.3 is 0 Å². The maximum atomic E-state index is 10.7. The Bertz CT molecular complexity index is 827. The molecule has 0 aliphatic carbocycles. The number of nitro benzene ring substituents is 1. The number of hydrogen-bond donors (Lipinski definition) is 0. The van der Waals surface area contributed by atoms with Gasteiger partial charge in [-0.05, 0) is 57.0 Å². The van der Waals surface area contributed by atoms with Crippen LogP contribution in [0.1, 0.15) is 11.1 Å². The first-order valence-corrected chi connectivity index (χ1v) is 8.15. The molecule has 0 aromatic heterocycles. The van der Waals surface area contributed by atoms with Gasteiger partial charge in [0, 0.05) is 22.1 Å². The summed E-state index contributed by atoms with van der Waals surface area (Å²) in [6.07, 6.45) is 2.01. The van der Waals surface area contributed by atoms with E-state index < -0.39 is 0 Å². The first-order chi connectivity index (χ1) is 11.1. The van der Waals surface area contributed by atoms with Gasteiger partial charge in [0.05, 0.1) is 4.92 Å². The summed E-state index contributed by atoms with van der Waals surface area (Å²) in [5, 5.41) is 10.7. The van der Waals surface area contributed by atoms with Gasteiger partial charge in [0.2, 0.25) is 0 Å². The van der Waals surface area contributed by atoms with Crippen molar-refractivity contribution < 1.29 is 4.92 Å². The van der Waals surface area contributed by atoms with Crippen molar-refractivity contribution in [1.82, 2.24) is 0 Å². The van der Waals surface area contributed by atoms with Gasteiger partial charge in [-0.25, -0.2) is 0 Å². The van der Waals surface area contributed by atoms with Crippen LogP contribution in [-0.2, 0) is 0 Å². The smallest absolute Gasteiger partial charge is 0.258 e. The van der Waals surface area contributed by atoms with Crippen LogP contribution >= 0.6 is 22.6 Å². The van der Waals surface area contributed by atoms with Crippen molar-refractivity contribution in [3.8, 4) is 11.1 Å². The van der Waals surface area contributed by atoms with Gasteiger partial charge in [0.1, 0.15) is 0 Å². The molecule has 0 unspecified atom stereocenters. The number of nitrogens with zero attached hydrogens (tertiary/aromatic N) is 1. The Morgan fingerprint density at radius 3 is 2.17 bits per heavy atom. The van der Waals surface area contributed by atoms with Crippen LogP contribution in [0.4, 0.5) is 5.69 Å². The zero-order valence-electron chi connectivity index (χ0n) is 12.1. The molecule has 3 nitrogen and oxygen atoms in total. The maximum absolute atomic E-state index is 10.7. The monoisotopic (exact) mass is 414 g/mol. The molecule has 3 rings (SSSR count). The quantitative estimate of drug-likeness (QED) is 0.323. The SMILES string of the molecule is O=[N+]([O-])c1ccc([CH]c2cccc(-c3ccc(I)cc3)c2)cc1. The van der Waals surface area contributed by atoms with Crippen LogP contribution in [0, 0.1) is 20.1 Å². The van der Waals surface area contributed by atoms with Crippen LogP contribution in [0.15, 0.2) is 72.8 Å². The second-order valence-corrected chi connectivity index (χ2v) is 6.37. The van der Waals surface area contributed by atoms with Crippen molar-refractivity contribution in [1.29, 1.82) is 0 Å². The van der Waals surface area contributed by atoms with E-state index in [4.69, 9.17) is 0 Å². The Hall–Kier alpha value is -2.21. The summed E-state index contributed by atoms with van der Waals surface area (Å²) < 4.78 is 1.21. The lowest BCUT2D eigenvalue weighted by Crippen LogP contribution is -1.90. The van der Waals surface area contributed by atoms with Crippen molar-refractivity contribution in [3.63, 3.8) is 0 Å². The maximum Gasteiger partial charge on any atom is 0.269 e. The Balaban J connectivity index is 1.82. The highest BCUT2D eigenvalue weighted by molar-refractivity contribution is 14.1. The number of hydrogen-bond acceptors (Lipinski definition) is 2. The van der Waals surface area contributed by atoms with Crippen LogP contribution in [-0.4, -0.2) is 4.92 Å². The van der Waals surface area contributed by atoms with E-state index in [1.807, 2.05) is 18.6 Å². The number of nitro groups is 1. The molecular weight excluding hydrogens is 401 g/mol. The van der Waals surface area contributed by atoms with Gasteiger partial charge in [-0.2, -0.15) is 0 Å². The second-order valence-electron chi connectivity index (χ2n) is 5.13. The van der Waals surface area contributed by atoms with Crippen LogP contribution in [0.5, 0.6) is 0 Å². The Morgan fingerprint density at radius 1 is 0.826 bits per heavy atom. The molecule has 0 aliphatic heterocycles. The van der Waals surface area contributed by atoms with Crippen LogP contribution < -0.4 is 0 Å². The number of benzene rings is 3. The van der Waals surface area contributed by atoms with E-state index in [1.165, 1.54) is 21.3 Å². The van der Waals surface area contributed by atoms with Crippen LogP contribution in [0.3, 0.4) is 0 Å². The van der Waals surface area contributed by atoms with Crippen molar-refractivity contribution in [2.24, 2.45) is 0 Å². The average molecular weight is 414 g/mol. The van der Waals surface area contributed by atoms with E-state index in [0.717, 1.165) is 16.7 Å². The van der Waals surface area contributed by atoms with Gasteiger partial charge in [0.15, 0.2) is 0 Å². The number of rotatable bonds is 4. The summed E-state index contributed by atoms with van der Waals surface area (Å²) in [7, 11) is 0. The summed E-state index contributed by atoms with van der Waals surface area (Å²) >= 11 is 2.29. The molecule has 0 atom stereocenters. The van der Waals surface area contributed by atoms with E-state index in [1.54, 1.807) is 12.1 Å². The summed E-state index contributed by atoms with van der Waals surface area (Å²) in [4.78, 5) is 10.3. The fraction of sp³-hybridized carbons (Fsp3) is 0. The molecule has 1 radical (unpaired) electrons. The van der Waals surface area contributed by atoms with E-state index in [9.17, 15) is 10.1 Å². The molecule has 3 aromatic carbocycles. The van der Waals surface area contributed by atoms with Gasteiger partial charge in [-0.1, -0.05) is 48.5 Å². The topological polar surface area (TPSA) is 43.1 Å². The minimum Gasteiger partial charge on any atom is -0.258 e. The normalized spacial score (nSPS) is 10.5. The third-order valence-electron chi connectivity index (χ3n) is 3.50. The third kappa shape index (κ3) is 3.96. The van der Waals surface area contributed by atoms with Gasteiger partial charge in [-0.3, -0.25) is 10.1 Å². The van der Waals surface area contributed by atoms with Crippen LogP contribution in [0.2, 0.25) is 0 Å². The highest BCUT2D eigenvalue weighted by Crippen LogP contribution is 2.24. The molecule has 23 heavy (non-hydrogen) atoms. The average Bonchev–Trinajstić information content (AvgIpc) is 2.56. The number of halogens is 1. The van der Waals surface area contributed by atoms with Gasteiger partial charge < -0.3 is 0 Å². The molecule has 0 amide bonds. The minimum atomic E-state index is -0.388. The summed E-state index contributed by atoms with van der Waals surface area (Å²) in [5.41, 5.74) is 4.43. The summed E-state index contributed by atoms with van der Waals surface area (Å²) in [6, 6.07) is 23.2. The third-order valence-corrected chi connectivity index (χ3v) is 4.22. The molecule has 0 saturated carbocycles. The molecular formula is C19H13INO2. The summed E-state index contributed by atoms with van der Waals surface area (Å²) in [5.74, 6) is 0. The van der Waals surface area contributed by atoms with Crippen molar-refractivity contribution in [2.45, 2.75) is 0 Å². The van der Waals surface area contributed by atoms with Crippen LogP contribution in [0.25, 0.3) is 11.1 Å². The molecule has 0 bridgehead atoms. The lowest BCUT2D eigenvalue weighted by atomic mass is 9.99. The molecule has 0 saturated heterocycles. The predicted octanol–water partition coefficient (Wildman–Crippen LogP) is 5.47. The Labute approximate surface area is 148 Å². The molecule has 0 aliphatic rings. The van der Waals surface area contributed by atoms with E-state index in [0.29, 0.717) is 0 Å². The predicted molar refractivity (Wildman–Crippen MR) is 100 cm³/mol. The Kier molecular flexibility index (Phi) is 4.71. The Morgan fingerprint density at radius 2 is 1.52 bits per heavy atom. The first-order valence-electron chi connectivity index (χ1n) is 7.07. The molecule has 3 aromatic rings. The summed E-state index contributed by atoms with van der Waals surface area (Å²) in [6.45, 7) is 0. The molecule has 0 heterocycles. The van der Waals surface area contributed by atoms with E-state index in [-0.39, 0.29) is 10.6 Å². The largest absolute Gasteiger partial charge is 0.269 e. The van der Waals surface area contributed by atoms with Crippen molar-refractivity contribution in [2.75, 3.05) is 0 Å². The molecule has 4 heteroatoms. The molecule has 0 N–H and O–H groups in total. The fourth-order valence-electron chi connectivity index (χ4n) is 2.34. The number of non-ortho nitro benzene ring substituents is 1. The zero-order chi connectivity index (χ0) is 16.2.